The fourth-order valence-electron chi connectivity index (χ4n) is 3.13. The molecule has 7 heteroatoms. The smallest absolute Gasteiger partial charge is 0.227 e. The number of rotatable bonds is 8. The quantitative estimate of drug-likeness (QED) is 0.369. The number of likely N-dealkylation sites (tertiary alicyclic amines) is 1. The number of carbonyl (C=O) groups is 1. The number of amides is 1. The van der Waals surface area contributed by atoms with Crippen molar-refractivity contribution in [2.24, 2.45) is 4.99 Å². The third kappa shape index (κ3) is 8.86. The molecule has 0 bridgehead atoms. The molecule has 1 aliphatic rings. The molecule has 1 aliphatic heterocycles. The predicted octanol–water partition coefficient (Wildman–Crippen LogP) is 2.15. The fourth-order valence-corrected chi connectivity index (χ4v) is 3.13. The molecule has 0 aliphatic carbocycles. The summed E-state index contributed by atoms with van der Waals surface area (Å²) in [5.41, 5.74) is 1.07. The molecule has 0 atom stereocenters. The van der Waals surface area contributed by atoms with E-state index in [1.54, 1.807) is 13.2 Å². The Morgan fingerprint density at radius 2 is 1.89 bits per heavy atom. The van der Waals surface area contributed by atoms with Gasteiger partial charge in [-0.05, 0) is 57.5 Å². The molecular weight excluding hydrogens is 340 g/mol. The first-order valence-corrected chi connectivity index (χ1v) is 10.1. The van der Waals surface area contributed by atoms with Gasteiger partial charge in [-0.15, -0.1) is 0 Å². The van der Waals surface area contributed by atoms with Crippen LogP contribution in [0.25, 0.3) is 0 Å². The highest BCUT2D eigenvalue weighted by Gasteiger charge is 2.08. The van der Waals surface area contributed by atoms with E-state index in [9.17, 15) is 4.79 Å². The Hall–Kier alpha value is -2.15. The molecule has 1 aromatic heterocycles. The van der Waals surface area contributed by atoms with E-state index in [4.69, 9.17) is 0 Å². The van der Waals surface area contributed by atoms with E-state index in [0.717, 1.165) is 31.0 Å². The molecule has 2 heterocycles. The normalized spacial score (nSPS) is 15.9. The van der Waals surface area contributed by atoms with Crippen molar-refractivity contribution in [1.29, 1.82) is 0 Å². The van der Waals surface area contributed by atoms with Gasteiger partial charge in [-0.1, -0.05) is 18.9 Å². The summed E-state index contributed by atoms with van der Waals surface area (Å²) in [7, 11) is 1.75. The minimum absolute atomic E-state index is 0.0598. The van der Waals surface area contributed by atoms with Crippen LogP contribution in [0.15, 0.2) is 23.3 Å². The number of guanidine groups is 1. The SMILES string of the molecule is CN=C(NCCCN1CCCCCC1)NCCC(=O)Nc1ccc(C)cn1. The number of nitrogens with one attached hydrogen (secondary N) is 3. The molecule has 150 valence electrons. The van der Waals surface area contributed by atoms with Crippen LogP contribution in [0.5, 0.6) is 0 Å². The minimum Gasteiger partial charge on any atom is -0.356 e. The zero-order valence-corrected chi connectivity index (χ0v) is 16.8. The van der Waals surface area contributed by atoms with Crippen LogP contribution < -0.4 is 16.0 Å². The zero-order valence-electron chi connectivity index (χ0n) is 16.8. The average molecular weight is 375 g/mol. The van der Waals surface area contributed by atoms with Crippen molar-refractivity contribution in [2.75, 3.05) is 45.1 Å². The van der Waals surface area contributed by atoms with Gasteiger partial charge in [-0.3, -0.25) is 9.79 Å². The van der Waals surface area contributed by atoms with Crippen LogP contribution in [0.3, 0.4) is 0 Å². The standard InChI is InChI=1S/C20H34N6O/c1-17-8-9-18(24-16-17)25-19(27)10-12-23-20(21-2)22-11-7-15-26-13-5-3-4-6-14-26/h8-9,16H,3-7,10-15H2,1-2H3,(H2,21,22,23)(H,24,25,27). The van der Waals surface area contributed by atoms with Crippen LogP contribution >= 0.6 is 0 Å². The Labute approximate surface area is 163 Å². The Kier molecular flexibility index (Phi) is 9.62. The first kappa shape index (κ1) is 21.2. The number of anilines is 1. The van der Waals surface area contributed by atoms with Crippen LogP contribution in [-0.4, -0.2) is 61.5 Å². The second kappa shape index (κ2) is 12.3. The van der Waals surface area contributed by atoms with Gasteiger partial charge in [0.1, 0.15) is 5.82 Å². The number of aliphatic imine (C=N–C) groups is 1. The van der Waals surface area contributed by atoms with Crippen molar-refractivity contribution in [3.8, 4) is 0 Å². The summed E-state index contributed by atoms with van der Waals surface area (Å²) < 4.78 is 0. The highest BCUT2D eigenvalue weighted by atomic mass is 16.1. The van der Waals surface area contributed by atoms with Crippen molar-refractivity contribution in [3.63, 3.8) is 0 Å². The molecule has 1 fully saturated rings. The molecule has 1 amide bonds. The number of aromatic nitrogens is 1. The second-order valence-corrected chi connectivity index (χ2v) is 7.05. The summed E-state index contributed by atoms with van der Waals surface area (Å²) in [6.45, 7) is 6.99. The monoisotopic (exact) mass is 374 g/mol. The van der Waals surface area contributed by atoms with Crippen molar-refractivity contribution >= 4 is 17.7 Å². The number of aryl methyl sites for hydroxylation is 1. The van der Waals surface area contributed by atoms with Crippen LogP contribution in [0.1, 0.15) is 44.1 Å². The topological polar surface area (TPSA) is 81.7 Å². The Morgan fingerprint density at radius 3 is 2.56 bits per heavy atom. The number of nitrogens with zero attached hydrogens (tertiary/aromatic N) is 3. The molecular formula is C20H34N6O. The lowest BCUT2D eigenvalue weighted by molar-refractivity contribution is -0.116. The van der Waals surface area contributed by atoms with Gasteiger partial charge in [-0.25, -0.2) is 4.98 Å². The summed E-state index contributed by atoms with van der Waals surface area (Å²) in [4.78, 5) is 22.9. The second-order valence-electron chi connectivity index (χ2n) is 7.05. The lowest BCUT2D eigenvalue weighted by atomic mass is 10.2. The van der Waals surface area contributed by atoms with Gasteiger partial charge in [0, 0.05) is 32.8 Å². The maximum atomic E-state index is 12.0. The summed E-state index contributed by atoms with van der Waals surface area (Å²) in [5.74, 6) is 1.27. The zero-order chi connectivity index (χ0) is 19.3. The maximum absolute atomic E-state index is 12.0. The highest BCUT2D eigenvalue weighted by Crippen LogP contribution is 2.09. The van der Waals surface area contributed by atoms with Crippen LogP contribution in [0, 0.1) is 6.92 Å². The Bertz CT molecular complexity index is 579. The molecule has 3 N–H and O–H groups in total. The molecule has 1 aromatic rings. The van der Waals surface area contributed by atoms with Crippen molar-refractivity contribution < 1.29 is 4.79 Å². The molecule has 2 rings (SSSR count). The lowest BCUT2D eigenvalue weighted by Gasteiger charge is -2.20. The van der Waals surface area contributed by atoms with Crippen molar-refractivity contribution in [2.45, 2.75) is 45.4 Å². The van der Waals surface area contributed by atoms with E-state index in [-0.39, 0.29) is 5.91 Å². The van der Waals surface area contributed by atoms with Gasteiger partial charge in [0.15, 0.2) is 5.96 Å². The highest BCUT2D eigenvalue weighted by molar-refractivity contribution is 5.90. The van der Waals surface area contributed by atoms with E-state index in [1.807, 2.05) is 19.1 Å². The molecule has 0 aromatic carbocycles. The van der Waals surface area contributed by atoms with Gasteiger partial charge in [-0.2, -0.15) is 0 Å². The van der Waals surface area contributed by atoms with Gasteiger partial charge in [0.05, 0.1) is 0 Å². The number of carbonyl (C=O) groups excluding carboxylic acids is 1. The molecule has 1 saturated heterocycles. The van der Waals surface area contributed by atoms with Gasteiger partial charge < -0.3 is 20.9 Å². The first-order valence-electron chi connectivity index (χ1n) is 10.1. The number of hydrogen-bond donors (Lipinski definition) is 3. The van der Waals surface area contributed by atoms with E-state index >= 15 is 0 Å². The molecule has 27 heavy (non-hydrogen) atoms. The van der Waals surface area contributed by atoms with E-state index in [1.165, 1.54) is 38.8 Å². The minimum atomic E-state index is -0.0598. The molecule has 0 spiro atoms. The van der Waals surface area contributed by atoms with Gasteiger partial charge in [0.2, 0.25) is 5.91 Å². The van der Waals surface area contributed by atoms with E-state index in [2.05, 4.69) is 30.8 Å². The van der Waals surface area contributed by atoms with Gasteiger partial charge >= 0.3 is 0 Å². The lowest BCUT2D eigenvalue weighted by Crippen LogP contribution is -2.40. The van der Waals surface area contributed by atoms with Gasteiger partial charge in [0.25, 0.3) is 0 Å². The molecule has 7 nitrogen and oxygen atoms in total. The summed E-state index contributed by atoms with van der Waals surface area (Å²) in [6.07, 6.45) is 8.61. The molecule has 0 radical (unpaired) electrons. The third-order valence-corrected chi connectivity index (χ3v) is 4.69. The molecule has 0 saturated carbocycles. The largest absolute Gasteiger partial charge is 0.356 e. The van der Waals surface area contributed by atoms with Crippen molar-refractivity contribution in [1.82, 2.24) is 20.5 Å². The van der Waals surface area contributed by atoms with Crippen molar-refractivity contribution in [3.05, 3.63) is 23.9 Å². The van der Waals surface area contributed by atoms with E-state index in [0.29, 0.717) is 18.8 Å². The third-order valence-electron chi connectivity index (χ3n) is 4.69. The Balaban J connectivity index is 1.56. The summed E-state index contributed by atoms with van der Waals surface area (Å²) >= 11 is 0. The van der Waals surface area contributed by atoms with Crippen LogP contribution in [-0.2, 0) is 4.79 Å². The van der Waals surface area contributed by atoms with Crippen LogP contribution in [0.2, 0.25) is 0 Å². The summed E-state index contributed by atoms with van der Waals surface area (Å²) in [5, 5.41) is 9.31. The fraction of sp³-hybridized carbons (Fsp3) is 0.650. The van der Waals surface area contributed by atoms with Crippen LogP contribution in [0.4, 0.5) is 5.82 Å². The number of hydrogen-bond acceptors (Lipinski definition) is 4. The predicted molar refractivity (Wildman–Crippen MR) is 111 cm³/mol. The number of pyridine rings is 1. The average Bonchev–Trinajstić information content (AvgIpc) is 2.94. The summed E-state index contributed by atoms with van der Waals surface area (Å²) in [6, 6.07) is 3.74. The maximum Gasteiger partial charge on any atom is 0.227 e. The van der Waals surface area contributed by atoms with E-state index < -0.39 is 0 Å². The molecule has 0 unspecified atom stereocenters. The first-order chi connectivity index (χ1) is 13.2. The Morgan fingerprint density at radius 1 is 1.15 bits per heavy atom.